The van der Waals surface area contributed by atoms with Gasteiger partial charge in [-0.3, -0.25) is 4.79 Å². The van der Waals surface area contributed by atoms with Crippen molar-refractivity contribution >= 4 is 17.6 Å². The molecule has 1 amide bonds. The van der Waals surface area contributed by atoms with Crippen LogP contribution in [-0.2, 0) is 4.79 Å². The quantitative estimate of drug-likeness (QED) is 0.777. The summed E-state index contributed by atoms with van der Waals surface area (Å²) in [5, 5.41) is 12.1. The highest BCUT2D eigenvalue weighted by molar-refractivity contribution is 6.02. The number of aromatic carboxylic acids is 1. The Morgan fingerprint density at radius 2 is 2.29 bits per heavy atom. The van der Waals surface area contributed by atoms with Gasteiger partial charge in [0.25, 0.3) is 0 Å². The van der Waals surface area contributed by atoms with Crippen molar-refractivity contribution in [3.63, 3.8) is 0 Å². The average Bonchev–Trinajstić information content (AvgIpc) is 2.89. The standard InChI is InChI=1S/C12H12N2O3/c15-11-10-5-9(6-13-10)14(11)8-3-1-2-7(4-8)12(16)17/h1-4,9-10,13H,5-6H2,(H,16,17). The maximum atomic E-state index is 12.0. The number of fused-ring (bicyclic) bond motifs is 2. The molecule has 2 saturated heterocycles. The molecule has 2 atom stereocenters. The van der Waals surface area contributed by atoms with E-state index in [1.807, 2.05) is 0 Å². The Labute approximate surface area is 98.0 Å². The van der Waals surface area contributed by atoms with Gasteiger partial charge in [0.05, 0.1) is 17.6 Å². The summed E-state index contributed by atoms with van der Waals surface area (Å²) in [5.74, 6) is -0.925. The van der Waals surface area contributed by atoms with Crippen LogP contribution in [-0.4, -0.2) is 35.6 Å². The minimum absolute atomic E-state index is 0.0452. The molecule has 88 valence electrons. The van der Waals surface area contributed by atoms with E-state index in [9.17, 15) is 9.59 Å². The molecule has 2 fully saturated rings. The van der Waals surface area contributed by atoms with Crippen LogP contribution in [0.3, 0.4) is 0 Å². The van der Waals surface area contributed by atoms with Crippen molar-refractivity contribution in [3.8, 4) is 0 Å². The molecule has 0 radical (unpaired) electrons. The van der Waals surface area contributed by atoms with Crippen LogP contribution in [0.4, 0.5) is 5.69 Å². The largest absolute Gasteiger partial charge is 0.478 e. The molecule has 2 heterocycles. The van der Waals surface area contributed by atoms with Crippen molar-refractivity contribution in [2.45, 2.75) is 18.5 Å². The fourth-order valence-electron chi connectivity index (χ4n) is 2.58. The maximum absolute atomic E-state index is 12.0. The first kappa shape index (κ1) is 10.3. The number of rotatable bonds is 2. The number of nitrogens with one attached hydrogen (secondary N) is 1. The van der Waals surface area contributed by atoms with Gasteiger partial charge in [-0.25, -0.2) is 4.79 Å². The highest BCUT2D eigenvalue weighted by atomic mass is 16.4. The first-order valence-corrected chi connectivity index (χ1v) is 5.56. The topological polar surface area (TPSA) is 69.6 Å². The lowest BCUT2D eigenvalue weighted by Gasteiger charge is -2.27. The molecule has 0 aliphatic carbocycles. The lowest BCUT2D eigenvalue weighted by Crippen LogP contribution is -2.48. The van der Waals surface area contributed by atoms with E-state index in [4.69, 9.17) is 5.11 Å². The second kappa shape index (κ2) is 3.56. The van der Waals surface area contributed by atoms with Gasteiger partial charge in [-0.05, 0) is 24.6 Å². The normalized spacial score (nSPS) is 26.6. The molecule has 17 heavy (non-hydrogen) atoms. The molecule has 0 saturated carbocycles. The van der Waals surface area contributed by atoms with Gasteiger partial charge >= 0.3 is 5.97 Å². The molecular weight excluding hydrogens is 220 g/mol. The number of nitrogens with zero attached hydrogens (tertiary/aromatic N) is 1. The molecule has 5 heteroatoms. The zero-order valence-corrected chi connectivity index (χ0v) is 9.09. The molecule has 2 N–H and O–H groups in total. The second-order valence-electron chi connectivity index (χ2n) is 4.41. The maximum Gasteiger partial charge on any atom is 0.335 e. The summed E-state index contributed by atoms with van der Waals surface area (Å²) in [6.45, 7) is 0.785. The van der Waals surface area contributed by atoms with E-state index in [2.05, 4.69) is 5.32 Å². The Bertz CT molecular complexity index is 500. The fourth-order valence-corrected chi connectivity index (χ4v) is 2.58. The monoisotopic (exact) mass is 232 g/mol. The number of benzene rings is 1. The van der Waals surface area contributed by atoms with Gasteiger partial charge in [0.2, 0.25) is 5.91 Å². The van der Waals surface area contributed by atoms with E-state index < -0.39 is 5.97 Å². The number of carboxylic acid groups (broad SMARTS) is 1. The summed E-state index contributed by atoms with van der Waals surface area (Å²) in [7, 11) is 0. The van der Waals surface area contributed by atoms with E-state index in [0.29, 0.717) is 5.69 Å². The summed E-state index contributed by atoms with van der Waals surface area (Å²) >= 11 is 0. The first-order chi connectivity index (χ1) is 8.16. The van der Waals surface area contributed by atoms with Crippen molar-refractivity contribution in [2.24, 2.45) is 0 Å². The van der Waals surface area contributed by atoms with Crippen LogP contribution in [0.25, 0.3) is 0 Å². The van der Waals surface area contributed by atoms with Crippen LogP contribution < -0.4 is 10.2 Å². The highest BCUT2D eigenvalue weighted by Gasteiger charge is 2.45. The zero-order valence-electron chi connectivity index (χ0n) is 9.09. The molecule has 0 aromatic heterocycles. The van der Waals surface area contributed by atoms with Crippen LogP contribution in [0.1, 0.15) is 16.8 Å². The van der Waals surface area contributed by atoms with Crippen LogP contribution in [0.5, 0.6) is 0 Å². The van der Waals surface area contributed by atoms with Crippen LogP contribution in [0, 0.1) is 0 Å². The number of carbonyl (C=O) groups excluding carboxylic acids is 1. The number of carbonyl (C=O) groups is 2. The molecule has 2 aliphatic heterocycles. The van der Waals surface area contributed by atoms with Crippen molar-refractivity contribution in [1.82, 2.24) is 5.32 Å². The SMILES string of the molecule is O=C(O)c1cccc(N2C(=O)C3CC2CN3)c1. The third-order valence-electron chi connectivity index (χ3n) is 3.38. The van der Waals surface area contributed by atoms with Crippen molar-refractivity contribution in [2.75, 3.05) is 11.4 Å². The number of piperazine rings is 1. The average molecular weight is 232 g/mol. The van der Waals surface area contributed by atoms with Gasteiger partial charge < -0.3 is 15.3 Å². The Kier molecular flexibility index (Phi) is 2.16. The number of amides is 1. The second-order valence-corrected chi connectivity index (χ2v) is 4.41. The minimum Gasteiger partial charge on any atom is -0.478 e. The molecule has 5 nitrogen and oxygen atoms in total. The van der Waals surface area contributed by atoms with Crippen molar-refractivity contribution in [1.29, 1.82) is 0 Å². The van der Waals surface area contributed by atoms with Crippen LogP contribution in [0.15, 0.2) is 24.3 Å². The lowest BCUT2D eigenvalue weighted by molar-refractivity contribution is -0.119. The predicted octanol–water partition coefficient (Wildman–Crippen LogP) is 0.462. The van der Waals surface area contributed by atoms with Gasteiger partial charge in [-0.1, -0.05) is 6.07 Å². The van der Waals surface area contributed by atoms with Crippen LogP contribution in [0.2, 0.25) is 0 Å². The Balaban J connectivity index is 1.97. The molecule has 1 aromatic carbocycles. The van der Waals surface area contributed by atoms with Crippen molar-refractivity contribution < 1.29 is 14.7 Å². The summed E-state index contributed by atoms with van der Waals surface area (Å²) in [6, 6.07) is 6.62. The summed E-state index contributed by atoms with van der Waals surface area (Å²) in [4.78, 5) is 24.6. The Morgan fingerprint density at radius 1 is 1.47 bits per heavy atom. The van der Waals surface area contributed by atoms with Crippen LogP contribution >= 0.6 is 0 Å². The van der Waals surface area contributed by atoms with Gasteiger partial charge in [0.1, 0.15) is 0 Å². The molecule has 2 unspecified atom stereocenters. The van der Waals surface area contributed by atoms with Crippen molar-refractivity contribution in [3.05, 3.63) is 29.8 Å². The molecule has 1 aromatic rings. The fraction of sp³-hybridized carbons (Fsp3) is 0.333. The van der Waals surface area contributed by atoms with E-state index in [1.54, 1.807) is 23.1 Å². The molecule has 3 rings (SSSR count). The van der Waals surface area contributed by atoms with E-state index >= 15 is 0 Å². The smallest absolute Gasteiger partial charge is 0.335 e. The van der Waals surface area contributed by atoms with E-state index in [0.717, 1.165) is 13.0 Å². The molecular formula is C12H12N2O3. The summed E-state index contributed by atoms with van der Waals surface area (Å²) < 4.78 is 0. The van der Waals surface area contributed by atoms with Gasteiger partial charge in [-0.2, -0.15) is 0 Å². The Morgan fingerprint density at radius 3 is 2.94 bits per heavy atom. The molecule has 0 spiro atoms. The molecule has 2 aliphatic rings. The molecule has 2 bridgehead atoms. The zero-order chi connectivity index (χ0) is 12.0. The predicted molar refractivity (Wildman–Crippen MR) is 61.1 cm³/mol. The van der Waals surface area contributed by atoms with Gasteiger partial charge in [0.15, 0.2) is 0 Å². The summed E-state index contributed by atoms with van der Waals surface area (Å²) in [5.41, 5.74) is 0.898. The Hall–Kier alpha value is -1.88. The van der Waals surface area contributed by atoms with E-state index in [-0.39, 0.29) is 23.6 Å². The first-order valence-electron chi connectivity index (χ1n) is 5.56. The third-order valence-corrected chi connectivity index (χ3v) is 3.38. The van der Waals surface area contributed by atoms with E-state index in [1.165, 1.54) is 6.07 Å². The van der Waals surface area contributed by atoms with Gasteiger partial charge in [0, 0.05) is 12.2 Å². The highest BCUT2D eigenvalue weighted by Crippen LogP contribution is 2.30. The minimum atomic E-state index is -0.971. The lowest BCUT2D eigenvalue weighted by atomic mass is 10.1. The number of hydrogen-bond acceptors (Lipinski definition) is 3. The number of anilines is 1. The number of carboxylic acids is 1. The third kappa shape index (κ3) is 1.51. The summed E-state index contributed by atoms with van der Waals surface area (Å²) in [6.07, 6.45) is 0.816. The number of hydrogen-bond donors (Lipinski definition) is 2. The van der Waals surface area contributed by atoms with Gasteiger partial charge in [-0.15, -0.1) is 0 Å².